The third-order valence-electron chi connectivity index (χ3n) is 5.13. The molecule has 3 heteroatoms. The summed E-state index contributed by atoms with van der Waals surface area (Å²) in [6, 6.07) is 0.699. The largest absolute Gasteiger partial charge is 0.314 e. The summed E-state index contributed by atoms with van der Waals surface area (Å²) in [5.74, 6) is 2.49. The predicted molar refractivity (Wildman–Crippen MR) is 93.0 cm³/mol. The quantitative estimate of drug-likeness (QED) is 0.821. The minimum Gasteiger partial charge on any atom is -0.314 e. The standard InChI is InChI=1S/C18H32N2S/c1-6-9-19-17-8-7-15(12(2)3)10-16(17)11-18-20-13(4)14(5)21-18/h12,15-17,19H,6-11H2,1-5H3. The second kappa shape index (κ2) is 7.73. The van der Waals surface area contributed by atoms with Gasteiger partial charge in [0.25, 0.3) is 0 Å². The number of nitrogens with zero attached hydrogens (tertiary/aromatic N) is 1. The highest BCUT2D eigenvalue weighted by molar-refractivity contribution is 7.11. The van der Waals surface area contributed by atoms with E-state index in [9.17, 15) is 0 Å². The van der Waals surface area contributed by atoms with Gasteiger partial charge >= 0.3 is 0 Å². The normalized spacial score (nSPS) is 26.5. The SMILES string of the molecule is CCCNC1CCC(C(C)C)CC1Cc1nc(C)c(C)s1. The van der Waals surface area contributed by atoms with E-state index in [0.717, 1.165) is 24.3 Å². The molecule has 1 aliphatic rings. The van der Waals surface area contributed by atoms with Crippen molar-refractivity contribution in [2.24, 2.45) is 17.8 Å². The van der Waals surface area contributed by atoms with Gasteiger partial charge in [0.15, 0.2) is 0 Å². The summed E-state index contributed by atoms with van der Waals surface area (Å²) in [5, 5.41) is 5.15. The van der Waals surface area contributed by atoms with Crippen molar-refractivity contribution in [2.75, 3.05) is 6.54 Å². The fourth-order valence-electron chi connectivity index (χ4n) is 3.58. The van der Waals surface area contributed by atoms with Crippen LogP contribution in [0.1, 0.15) is 62.0 Å². The molecule has 2 nitrogen and oxygen atoms in total. The van der Waals surface area contributed by atoms with Gasteiger partial charge in [-0.15, -0.1) is 11.3 Å². The van der Waals surface area contributed by atoms with E-state index in [1.165, 1.54) is 47.7 Å². The fraction of sp³-hybridized carbons (Fsp3) is 0.833. The monoisotopic (exact) mass is 308 g/mol. The topological polar surface area (TPSA) is 24.9 Å². The number of nitrogens with one attached hydrogen (secondary N) is 1. The molecule has 1 aromatic rings. The first-order valence-corrected chi connectivity index (χ1v) is 9.49. The van der Waals surface area contributed by atoms with Gasteiger partial charge in [0, 0.05) is 17.3 Å². The first-order chi connectivity index (χ1) is 10.0. The van der Waals surface area contributed by atoms with Crippen LogP contribution in [0.25, 0.3) is 0 Å². The van der Waals surface area contributed by atoms with Gasteiger partial charge in [-0.3, -0.25) is 0 Å². The molecule has 0 amide bonds. The zero-order valence-corrected chi connectivity index (χ0v) is 15.2. The van der Waals surface area contributed by atoms with E-state index < -0.39 is 0 Å². The van der Waals surface area contributed by atoms with Crippen LogP contribution < -0.4 is 5.32 Å². The van der Waals surface area contributed by atoms with Crippen molar-refractivity contribution in [3.63, 3.8) is 0 Å². The lowest BCUT2D eigenvalue weighted by molar-refractivity contribution is 0.167. The Hall–Kier alpha value is -0.410. The molecule has 2 rings (SSSR count). The maximum Gasteiger partial charge on any atom is 0.0934 e. The molecule has 3 atom stereocenters. The molecule has 1 saturated carbocycles. The van der Waals surface area contributed by atoms with Crippen molar-refractivity contribution >= 4 is 11.3 Å². The summed E-state index contributed by atoms with van der Waals surface area (Å²) in [7, 11) is 0. The molecule has 120 valence electrons. The highest BCUT2D eigenvalue weighted by Gasteiger charge is 2.32. The number of thiazole rings is 1. The van der Waals surface area contributed by atoms with Gasteiger partial charge < -0.3 is 5.32 Å². The summed E-state index contributed by atoms with van der Waals surface area (Å²) in [4.78, 5) is 6.17. The summed E-state index contributed by atoms with van der Waals surface area (Å²) in [6.45, 7) is 12.5. The van der Waals surface area contributed by atoms with Gasteiger partial charge in [-0.1, -0.05) is 20.8 Å². The second-order valence-electron chi connectivity index (χ2n) is 7.09. The summed E-state index contributed by atoms with van der Waals surface area (Å²) in [6.07, 6.45) is 6.51. The molecular weight excluding hydrogens is 276 g/mol. The van der Waals surface area contributed by atoms with Crippen LogP contribution in [0.4, 0.5) is 0 Å². The van der Waals surface area contributed by atoms with Crippen LogP contribution in [0.15, 0.2) is 0 Å². The molecule has 0 aromatic carbocycles. The average Bonchev–Trinajstić information content (AvgIpc) is 2.75. The Morgan fingerprint density at radius 3 is 2.62 bits per heavy atom. The van der Waals surface area contributed by atoms with Crippen LogP contribution in [0, 0.1) is 31.6 Å². The number of rotatable bonds is 6. The minimum atomic E-state index is 0.699. The molecule has 1 N–H and O–H groups in total. The lowest BCUT2D eigenvalue weighted by atomic mass is 9.72. The van der Waals surface area contributed by atoms with E-state index in [2.05, 4.69) is 39.9 Å². The summed E-state index contributed by atoms with van der Waals surface area (Å²) < 4.78 is 0. The van der Waals surface area contributed by atoms with Gasteiger partial charge in [0.05, 0.1) is 10.7 Å². The van der Waals surface area contributed by atoms with Crippen molar-refractivity contribution in [1.29, 1.82) is 0 Å². The number of aryl methyl sites for hydroxylation is 2. The molecule has 0 bridgehead atoms. The molecular formula is C18H32N2S. The molecule has 1 heterocycles. The van der Waals surface area contributed by atoms with E-state index in [1.54, 1.807) is 0 Å². The van der Waals surface area contributed by atoms with Crippen molar-refractivity contribution in [3.8, 4) is 0 Å². The van der Waals surface area contributed by atoms with Gasteiger partial charge in [-0.2, -0.15) is 0 Å². The molecule has 21 heavy (non-hydrogen) atoms. The molecule has 0 aliphatic heterocycles. The molecule has 0 saturated heterocycles. The summed E-state index contributed by atoms with van der Waals surface area (Å²) >= 11 is 1.90. The highest BCUT2D eigenvalue weighted by atomic mass is 32.1. The van der Waals surface area contributed by atoms with E-state index in [0.29, 0.717) is 6.04 Å². The molecule has 3 unspecified atom stereocenters. The van der Waals surface area contributed by atoms with Gasteiger partial charge in [-0.05, 0) is 63.8 Å². The first kappa shape index (κ1) is 17.0. The molecule has 0 spiro atoms. The Morgan fingerprint density at radius 2 is 2.05 bits per heavy atom. The predicted octanol–water partition coefficient (Wildman–Crippen LogP) is 4.74. The van der Waals surface area contributed by atoms with E-state index in [-0.39, 0.29) is 0 Å². The van der Waals surface area contributed by atoms with Crippen molar-refractivity contribution in [2.45, 2.75) is 72.8 Å². The Morgan fingerprint density at radius 1 is 1.29 bits per heavy atom. The van der Waals surface area contributed by atoms with Crippen molar-refractivity contribution < 1.29 is 0 Å². The number of hydrogen-bond acceptors (Lipinski definition) is 3. The number of hydrogen-bond donors (Lipinski definition) is 1. The lowest BCUT2D eigenvalue weighted by Gasteiger charge is -2.38. The van der Waals surface area contributed by atoms with E-state index in [1.807, 2.05) is 11.3 Å². The second-order valence-corrected chi connectivity index (χ2v) is 8.38. The third kappa shape index (κ3) is 4.53. The molecule has 0 radical (unpaired) electrons. The highest BCUT2D eigenvalue weighted by Crippen LogP contribution is 2.36. The smallest absolute Gasteiger partial charge is 0.0934 e. The zero-order valence-electron chi connectivity index (χ0n) is 14.4. The van der Waals surface area contributed by atoms with Crippen LogP contribution in [-0.4, -0.2) is 17.6 Å². The van der Waals surface area contributed by atoms with E-state index in [4.69, 9.17) is 4.98 Å². The zero-order chi connectivity index (χ0) is 15.4. The minimum absolute atomic E-state index is 0.699. The lowest BCUT2D eigenvalue weighted by Crippen LogP contribution is -2.42. The van der Waals surface area contributed by atoms with Crippen molar-refractivity contribution in [1.82, 2.24) is 10.3 Å². The average molecular weight is 309 g/mol. The maximum atomic E-state index is 4.78. The van der Waals surface area contributed by atoms with Crippen LogP contribution >= 0.6 is 11.3 Å². The van der Waals surface area contributed by atoms with E-state index >= 15 is 0 Å². The van der Waals surface area contributed by atoms with Gasteiger partial charge in [0.2, 0.25) is 0 Å². The fourth-order valence-corrected chi connectivity index (χ4v) is 4.61. The van der Waals surface area contributed by atoms with Crippen LogP contribution in [0.3, 0.4) is 0 Å². The van der Waals surface area contributed by atoms with Gasteiger partial charge in [-0.25, -0.2) is 4.98 Å². The molecule has 1 fully saturated rings. The maximum absolute atomic E-state index is 4.78. The molecule has 1 aliphatic carbocycles. The summed E-state index contributed by atoms with van der Waals surface area (Å²) in [5.41, 5.74) is 1.23. The Kier molecular flexibility index (Phi) is 6.24. The van der Waals surface area contributed by atoms with Crippen LogP contribution in [0.2, 0.25) is 0 Å². The third-order valence-corrected chi connectivity index (χ3v) is 6.23. The van der Waals surface area contributed by atoms with Crippen LogP contribution in [-0.2, 0) is 6.42 Å². The molecule has 1 aromatic heterocycles. The van der Waals surface area contributed by atoms with Gasteiger partial charge in [0.1, 0.15) is 0 Å². The Labute approximate surface area is 134 Å². The first-order valence-electron chi connectivity index (χ1n) is 8.67. The number of aromatic nitrogens is 1. The Balaban J connectivity index is 2.04. The Bertz CT molecular complexity index is 419. The van der Waals surface area contributed by atoms with Crippen LogP contribution in [0.5, 0.6) is 0 Å². The van der Waals surface area contributed by atoms with Crippen molar-refractivity contribution in [3.05, 3.63) is 15.6 Å².